The van der Waals surface area contributed by atoms with Crippen molar-refractivity contribution >= 4 is 16.3 Å². The number of benzene rings is 1. The maximum atomic E-state index is 4.70. The second-order valence-corrected chi connectivity index (χ2v) is 5.45. The Balaban J connectivity index is 1.87. The number of fused-ring (bicyclic) bond motifs is 1. The quantitative estimate of drug-likeness (QED) is 0.582. The molecule has 0 bridgehead atoms. The van der Waals surface area contributed by atoms with Crippen LogP contribution in [0.4, 0.5) is 0 Å². The van der Waals surface area contributed by atoms with Crippen LogP contribution < -0.4 is 0 Å². The molecule has 0 aliphatic carbocycles. The number of hydrogen-bond donors (Lipinski definition) is 0. The van der Waals surface area contributed by atoms with E-state index in [9.17, 15) is 0 Å². The molecule has 4 nitrogen and oxygen atoms in total. The molecule has 5 heteroatoms. The van der Waals surface area contributed by atoms with Crippen molar-refractivity contribution in [2.45, 2.75) is 6.42 Å². The Kier molecular flexibility index (Phi) is 2.97. The lowest BCUT2D eigenvalue weighted by Crippen LogP contribution is -1.95. The fraction of sp³-hybridized carbons (Fsp3) is 0.0625. The molecule has 0 spiro atoms. The van der Waals surface area contributed by atoms with E-state index in [1.165, 1.54) is 16.9 Å². The van der Waals surface area contributed by atoms with Gasteiger partial charge in [0.15, 0.2) is 5.51 Å². The Morgan fingerprint density at radius 1 is 1.10 bits per heavy atom. The zero-order valence-corrected chi connectivity index (χ0v) is 11.9. The number of rotatable bonds is 3. The minimum atomic E-state index is 0.779. The number of pyridine rings is 1. The van der Waals surface area contributed by atoms with Crippen molar-refractivity contribution in [3.05, 3.63) is 71.6 Å². The van der Waals surface area contributed by atoms with E-state index >= 15 is 0 Å². The normalized spacial score (nSPS) is 11.0. The number of nitrogens with zero attached hydrogens (tertiary/aromatic N) is 4. The fourth-order valence-electron chi connectivity index (χ4n) is 2.40. The Morgan fingerprint density at radius 3 is 2.81 bits per heavy atom. The molecule has 0 aliphatic heterocycles. The third-order valence-corrected chi connectivity index (χ3v) is 3.94. The molecule has 4 aromatic rings. The van der Waals surface area contributed by atoms with Crippen molar-refractivity contribution in [3.63, 3.8) is 0 Å². The van der Waals surface area contributed by atoms with E-state index in [4.69, 9.17) is 4.98 Å². The molecule has 0 saturated heterocycles. The summed E-state index contributed by atoms with van der Waals surface area (Å²) >= 11 is 1.42. The minimum absolute atomic E-state index is 0.779. The van der Waals surface area contributed by atoms with Gasteiger partial charge in [-0.25, -0.2) is 9.50 Å². The Hall–Kier alpha value is -2.53. The largest absolute Gasteiger partial charge is 0.264 e. The van der Waals surface area contributed by atoms with E-state index in [-0.39, 0.29) is 0 Å². The lowest BCUT2D eigenvalue weighted by molar-refractivity contribution is 0.969. The summed E-state index contributed by atoms with van der Waals surface area (Å²) < 4.78 is 1.85. The van der Waals surface area contributed by atoms with Crippen molar-refractivity contribution in [1.82, 2.24) is 19.6 Å². The standard InChI is InChI=1S/C16H11N4S/c1-2-5-12(6-3-1)9-14-15(13-7-4-8-17-10-13)20-16(19-14)21-11-18-20/h1-8,10H,9H2. The number of aromatic nitrogens is 4. The molecule has 0 saturated carbocycles. The summed E-state index contributed by atoms with van der Waals surface area (Å²) in [6.45, 7) is 0. The molecule has 21 heavy (non-hydrogen) atoms. The molecule has 0 aliphatic rings. The molecule has 101 valence electrons. The highest BCUT2D eigenvalue weighted by atomic mass is 32.1. The summed E-state index contributed by atoms with van der Waals surface area (Å²) in [4.78, 5) is 9.77. The predicted molar refractivity (Wildman–Crippen MR) is 82.2 cm³/mol. The van der Waals surface area contributed by atoms with Crippen LogP contribution in [0.25, 0.3) is 16.2 Å². The highest BCUT2D eigenvalue weighted by Gasteiger charge is 2.16. The van der Waals surface area contributed by atoms with Crippen LogP contribution in [0.2, 0.25) is 0 Å². The maximum Gasteiger partial charge on any atom is 0.213 e. The number of hydrogen-bond acceptors (Lipinski definition) is 4. The topological polar surface area (TPSA) is 43.1 Å². The zero-order valence-electron chi connectivity index (χ0n) is 11.1. The Bertz CT molecular complexity index is 865. The van der Waals surface area contributed by atoms with E-state index in [2.05, 4.69) is 27.7 Å². The molecule has 0 fully saturated rings. The van der Waals surface area contributed by atoms with Gasteiger partial charge in [0.25, 0.3) is 0 Å². The van der Waals surface area contributed by atoms with E-state index in [1.54, 1.807) is 6.20 Å². The molecule has 3 heterocycles. The molecular formula is C16H11N4S. The summed E-state index contributed by atoms with van der Waals surface area (Å²) in [7, 11) is 0. The first-order valence-electron chi connectivity index (χ1n) is 6.60. The maximum absolute atomic E-state index is 4.70. The monoisotopic (exact) mass is 291 g/mol. The van der Waals surface area contributed by atoms with Gasteiger partial charge in [-0.05, 0) is 17.7 Å². The predicted octanol–water partition coefficient (Wildman–Crippen LogP) is 3.24. The molecule has 4 rings (SSSR count). The minimum Gasteiger partial charge on any atom is -0.264 e. The van der Waals surface area contributed by atoms with Crippen molar-refractivity contribution in [2.24, 2.45) is 0 Å². The molecular weight excluding hydrogens is 280 g/mol. The van der Waals surface area contributed by atoms with Gasteiger partial charge in [0, 0.05) is 24.4 Å². The van der Waals surface area contributed by atoms with Crippen LogP contribution in [0.15, 0.2) is 54.9 Å². The van der Waals surface area contributed by atoms with Gasteiger partial charge in [0.05, 0.1) is 11.4 Å². The van der Waals surface area contributed by atoms with Crippen molar-refractivity contribution in [3.8, 4) is 11.3 Å². The highest BCUT2D eigenvalue weighted by molar-refractivity contribution is 7.14. The zero-order chi connectivity index (χ0) is 14.1. The van der Waals surface area contributed by atoms with Gasteiger partial charge >= 0.3 is 0 Å². The van der Waals surface area contributed by atoms with Crippen LogP contribution in [0.5, 0.6) is 0 Å². The van der Waals surface area contributed by atoms with Crippen LogP contribution in [0.1, 0.15) is 11.3 Å². The second kappa shape index (κ2) is 5.10. The first kappa shape index (κ1) is 12.2. The molecule has 0 atom stereocenters. The summed E-state index contributed by atoms with van der Waals surface area (Å²) in [6.07, 6.45) is 4.39. The smallest absolute Gasteiger partial charge is 0.213 e. The average molecular weight is 291 g/mol. The lowest BCUT2D eigenvalue weighted by atomic mass is 10.1. The molecule has 1 aromatic carbocycles. The average Bonchev–Trinajstić information content (AvgIpc) is 3.09. The van der Waals surface area contributed by atoms with Crippen LogP contribution >= 0.6 is 11.3 Å². The molecule has 0 amide bonds. The second-order valence-electron chi connectivity index (χ2n) is 4.70. The first-order chi connectivity index (χ1) is 10.4. The van der Waals surface area contributed by atoms with Crippen molar-refractivity contribution in [1.29, 1.82) is 0 Å². The number of imidazole rings is 1. The highest BCUT2D eigenvalue weighted by Crippen LogP contribution is 2.27. The third kappa shape index (κ3) is 2.21. The van der Waals surface area contributed by atoms with E-state index in [1.807, 2.05) is 41.0 Å². The molecule has 3 aromatic heterocycles. The van der Waals surface area contributed by atoms with Gasteiger partial charge in [-0.15, -0.1) is 0 Å². The van der Waals surface area contributed by atoms with Crippen molar-refractivity contribution < 1.29 is 0 Å². The molecule has 0 N–H and O–H groups in total. The molecule has 1 radical (unpaired) electrons. The molecule has 0 unspecified atom stereocenters. The summed E-state index contributed by atoms with van der Waals surface area (Å²) in [5.41, 5.74) is 7.16. The van der Waals surface area contributed by atoms with E-state index in [0.29, 0.717) is 0 Å². The van der Waals surface area contributed by atoms with E-state index in [0.717, 1.165) is 28.3 Å². The lowest BCUT2D eigenvalue weighted by Gasteiger charge is -2.03. The summed E-state index contributed by atoms with van der Waals surface area (Å²) in [6, 6.07) is 14.3. The van der Waals surface area contributed by atoms with Gasteiger partial charge in [-0.1, -0.05) is 41.7 Å². The van der Waals surface area contributed by atoms with Crippen LogP contribution in [-0.4, -0.2) is 19.6 Å². The van der Waals surface area contributed by atoms with Crippen molar-refractivity contribution in [2.75, 3.05) is 0 Å². The Labute approximate surface area is 125 Å². The van der Waals surface area contributed by atoms with E-state index < -0.39 is 0 Å². The van der Waals surface area contributed by atoms with Gasteiger partial charge in [0.1, 0.15) is 0 Å². The van der Waals surface area contributed by atoms with Crippen LogP contribution in [0, 0.1) is 5.51 Å². The third-order valence-electron chi connectivity index (χ3n) is 3.32. The summed E-state index contributed by atoms with van der Waals surface area (Å²) in [5, 5.41) is 4.28. The van der Waals surface area contributed by atoms with Gasteiger partial charge in [-0.2, -0.15) is 5.10 Å². The van der Waals surface area contributed by atoms with Gasteiger partial charge in [0.2, 0.25) is 4.96 Å². The van der Waals surface area contributed by atoms with Gasteiger partial charge in [-0.3, -0.25) is 4.98 Å². The SMILES string of the molecule is [c]1nn2c(-c3cccnc3)c(Cc3ccccc3)nc2s1. The first-order valence-corrected chi connectivity index (χ1v) is 7.42. The fourth-order valence-corrected chi connectivity index (χ4v) is 2.98. The summed E-state index contributed by atoms with van der Waals surface area (Å²) in [5.74, 6) is 0. The van der Waals surface area contributed by atoms with Crippen LogP contribution in [0.3, 0.4) is 0 Å². The Morgan fingerprint density at radius 2 is 2.00 bits per heavy atom. The van der Waals surface area contributed by atoms with Crippen LogP contribution in [-0.2, 0) is 6.42 Å². The van der Waals surface area contributed by atoms with Gasteiger partial charge < -0.3 is 0 Å².